The zero-order chi connectivity index (χ0) is 15.3. The summed E-state index contributed by atoms with van der Waals surface area (Å²) in [5.74, 6) is -1.08. The molecular weight excluding hydrogens is 273 g/mol. The molecule has 112 valence electrons. The molecule has 0 spiro atoms. The summed E-state index contributed by atoms with van der Waals surface area (Å²) < 4.78 is 43.5. The van der Waals surface area contributed by atoms with E-state index in [4.69, 9.17) is 9.84 Å². The van der Waals surface area contributed by atoms with Crippen molar-refractivity contribution in [2.75, 3.05) is 6.61 Å². The molecule has 20 heavy (non-hydrogen) atoms. The van der Waals surface area contributed by atoms with Crippen LogP contribution in [0.5, 0.6) is 5.75 Å². The van der Waals surface area contributed by atoms with Crippen LogP contribution >= 0.6 is 0 Å². The Morgan fingerprint density at radius 3 is 2.50 bits per heavy atom. The van der Waals surface area contributed by atoms with E-state index in [9.17, 15) is 18.0 Å². The van der Waals surface area contributed by atoms with Crippen molar-refractivity contribution >= 4 is 5.97 Å². The number of carboxylic acid groups (broad SMARTS) is 1. The van der Waals surface area contributed by atoms with Crippen molar-refractivity contribution in [3.63, 3.8) is 0 Å². The first-order valence-electron chi connectivity index (χ1n) is 6.29. The number of ether oxygens (including phenoxy) is 1. The molecule has 0 saturated heterocycles. The zero-order valence-electron chi connectivity index (χ0n) is 11.3. The Labute approximate surface area is 115 Å². The Balaban J connectivity index is 2.83. The van der Waals surface area contributed by atoms with Gasteiger partial charge in [-0.15, -0.1) is 0 Å². The van der Waals surface area contributed by atoms with Crippen LogP contribution in [0, 0.1) is 5.92 Å². The zero-order valence-corrected chi connectivity index (χ0v) is 11.3. The topological polar surface area (TPSA) is 46.5 Å². The summed E-state index contributed by atoms with van der Waals surface area (Å²) in [4.78, 5) is 10.8. The highest BCUT2D eigenvalue weighted by Gasteiger charge is 2.35. The second-order valence-corrected chi connectivity index (χ2v) is 4.89. The molecule has 0 fully saturated rings. The maximum atomic E-state index is 12.8. The van der Waals surface area contributed by atoms with Crippen LogP contribution < -0.4 is 4.74 Å². The first-order chi connectivity index (χ1) is 9.21. The van der Waals surface area contributed by atoms with E-state index in [1.165, 1.54) is 6.07 Å². The molecule has 0 aliphatic rings. The van der Waals surface area contributed by atoms with Gasteiger partial charge >= 0.3 is 12.1 Å². The minimum Gasteiger partial charge on any atom is -0.494 e. The van der Waals surface area contributed by atoms with E-state index in [-0.39, 0.29) is 5.75 Å². The van der Waals surface area contributed by atoms with Crippen molar-refractivity contribution in [3.8, 4) is 5.75 Å². The van der Waals surface area contributed by atoms with E-state index in [2.05, 4.69) is 0 Å². The third-order valence-corrected chi connectivity index (χ3v) is 2.72. The van der Waals surface area contributed by atoms with Gasteiger partial charge in [0.25, 0.3) is 0 Å². The summed E-state index contributed by atoms with van der Waals surface area (Å²) in [5, 5.41) is 8.75. The third kappa shape index (κ3) is 4.75. The van der Waals surface area contributed by atoms with Crippen molar-refractivity contribution in [1.29, 1.82) is 0 Å². The van der Waals surface area contributed by atoms with E-state index in [1.807, 2.05) is 13.8 Å². The minimum absolute atomic E-state index is 0.0334. The Kier molecular flexibility index (Phi) is 5.42. The molecule has 1 aromatic carbocycles. The summed E-state index contributed by atoms with van der Waals surface area (Å²) >= 11 is 0. The average Bonchev–Trinajstić information content (AvgIpc) is 2.33. The van der Waals surface area contributed by atoms with Gasteiger partial charge in [-0.1, -0.05) is 13.8 Å². The van der Waals surface area contributed by atoms with Crippen LogP contribution in [-0.2, 0) is 6.18 Å². The fraction of sp³-hybridized carbons (Fsp3) is 0.500. The molecule has 0 saturated carbocycles. The lowest BCUT2D eigenvalue weighted by Gasteiger charge is -2.13. The maximum Gasteiger partial charge on any atom is 0.417 e. The molecule has 0 aromatic heterocycles. The lowest BCUT2D eigenvalue weighted by molar-refractivity contribution is -0.138. The number of alkyl halides is 3. The summed E-state index contributed by atoms with van der Waals surface area (Å²) in [6.07, 6.45) is -3.07. The van der Waals surface area contributed by atoms with Crippen molar-refractivity contribution in [1.82, 2.24) is 0 Å². The highest BCUT2D eigenvalue weighted by Crippen LogP contribution is 2.34. The molecule has 0 aliphatic heterocycles. The Morgan fingerprint density at radius 2 is 2.00 bits per heavy atom. The predicted molar refractivity (Wildman–Crippen MR) is 68.0 cm³/mol. The summed E-state index contributed by atoms with van der Waals surface area (Å²) in [7, 11) is 0. The van der Waals surface area contributed by atoms with Crippen molar-refractivity contribution < 1.29 is 27.8 Å². The summed E-state index contributed by atoms with van der Waals surface area (Å²) in [6.45, 7) is 4.40. The summed E-state index contributed by atoms with van der Waals surface area (Å²) in [6, 6.07) is 2.90. The van der Waals surface area contributed by atoms with Gasteiger partial charge < -0.3 is 9.84 Å². The van der Waals surface area contributed by atoms with E-state index in [0.29, 0.717) is 12.5 Å². The maximum absolute atomic E-state index is 12.8. The molecule has 0 atom stereocenters. The van der Waals surface area contributed by atoms with Crippen LogP contribution in [0.15, 0.2) is 18.2 Å². The number of hydrogen-bond donors (Lipinski definition) is 1. The van der Waals surface area contributed by atoms with Gasteiger partial charge in [-0.3, -0.25) is 0 Å². The fourth-order valence-corrected chi connectivity index (χ4v) is 1.72. The molecule has 0 aliphatic carbocycles. The molecule has 1 rings (SSSR count). The normalized spacial score (nSPS) is 11.7. The molecule has 6 heteroatoms. The van der Waals surface area contributed by atoms with Gasteiger partial charge in [-0.05, 0) is 37.0 Å². The quantitative estimate of drug-likeness (QED) is 0.798. The highest BCUT2D eigenvalue weighted by atomic mass is 19.4. The molecule has 0 amide bonds. The average molecular weight is 290 g/mol. The van der Waals surface area contributed by atoms with E-state index in [1.54, 1.807) is 0 Å². The minimum atomic E-state index is -4.72. The number of aromatic carboxylic acids is 1. The number of hydrogen-bond acceptors (Lipinski definition) is 2. The van der Waals surface area contributed by atoms with E-state index < -0.39 is 23.3 Å². The van der Waals surface area contributed by atoms with Gasteiger partial charge in [0.05, 0.1) is 17.7 Å². The predicted octanol–water partition coefficient (Wildman–Crippen LogP) is 4.22. The smallest absolute Gasteiger partial charge is 0.417 e. The van der Waals surface area contributed by atoms with Crippen LogP contribution in [0.1, 0.15) is 42.6 Å². The van der Waals surface area contributed by atoms with Gasteiger partial charge in [-0.2, -0.15) is 13.2 Å². The number of carbonyl (C=O) groups is 1. The van der Waals surface area contributed by atoms with Crippen LogP contribution in [0.3, 0.4) is 0 Å². The second-order valence-electron chi connectivity index (χ2n) is 4.89. The van der Waals surface area contributed by atoms with Gasteiger partial charge in [-0.25, -0.2) is 4.79 Å². The van der Waals surface area contributed by atoms with Crippen LogP contribution in [0.25, 0.3) is 0 Å². The second kappa shape index (κ2) is 6.63. The number of rotatable bonds is 6. The standard InChI is InChI=1S/C14H17F3O3/c1-9(2)4-3-7-20-10-5-6-11(13(18)19)12(8-10)14(15,16)17/h5-6,8-9H,3-4,7H2,1-2H3,(H,18,19). The lowest BCUT2D eigenvalue weighted by atomic mass is 10.1. The Morgan fingerprint density at radius 1 is 1.35 bits per heavy atom. The van der Waals surface area contributed by atoms with Gasteiger partial charge in [0, 0.05) is 0 Å². The third-order valence-electron chi connectivity index (χ3n) is 2.72. The molecule has 1 N–H and O–H groups in total. The highest BCUT2D eigenvalue weighted by molar-refractivity contribution is 5.89. The van der Waals surface area contributed by atoms with Crippen LogP contribution in [0.2, 0.25) is 0 Å². The van der Waals surface area contributed by atoms with Crippen molar-refractivity contribution in [3.05, 3.63) is 29.3 Å². The largest absolute Gasteiger partial charge is 0.494 e. The van der Waals surface area contributed by atoms with Gasteiger partial charge in [0.15, 0.2) is 0 Å². The molecular formula is C14H17F3O3. The van der Waals surface area contributed by atoms with E-state index >= 15 is 0 Å². The first-order valence-corrected chi connectivity index (χ1v) is 6.29. The number of halogens is 3. The summed E-state index contributed by atoms with van der Waals surface area (Å²) in [5.41, 5.74) is -1.96. The monoisotopic (exact) mass is 290 g/mol. The van der Waals surface area contributed by atoms with Crippen LogP contribution in [-0.4, -0.2) is 17.7 Å². The molecule has 3 nitrogen and oxygen atoms in total. The fourth-order valence-electron chi connectivity index (χ4n) is 1.72. The molecule has 0 radical (unpaired) electrons. The van der Waals surface area contributed by atoms with Gasteiger partial charge in [0.1, 0.15) is 5.75 Å². The molecule has 0 heterocycles. The SMILES string of the molecule is CC(C)CCCOc1ccc(C(=O)O)c(C(F)(F)F)c1. The van der Waals surface area contributed by atoms with E-state index in [0.717, 1.165) is 25.0 Å². The Bertz CT molecular complexity index is 467. The number of benzene rings is 1. The Hall–Kier alpha value is -1.72. The lowest BCUT2D eigenvalue weighted by Crippen LogP contribution is -2.13. The number of carboxylic acids is 1. The molecule has 0 bridgehead atoms. The first kappa shape index (κ1) is 16.3. The van der Waals surface area contributed by atoms with Crippen molar-refractivity contribution in [2.24, 2.45) is 5.92 Å². The molecule has 1 aromatic rings. The van der Waals surface area contributed by atoms with Crippen molar-refractivity contribution in [2.45, 2.75) is 32.9 Å². The van der Waals surface area contributed by atoms with Gasteiger partial charge in [0.2, 0.25) is 0 Å². The molecule has 0 unspecified atom stereocenters. The van der Waals surface area contributed by atoms with Crippen LogP contribution in [0.4, 0.5) is 13.2 Å².